The fraction of sp³-hybridized carbons (Fsp3) is 0.500. The Morgan fingerprint density at radius 3 is 2.85 bits per heavy atom. The first-order valence-corrected chi connectivity index (χ1v) is 14.3. The Morgan fingerprint density at radius 2 is 2.03 bits per heavy atom. The first-order chi connectivity index (χ1) is 16.5. The van der Waals surface area contributed by atoms with Crippen LogP contribution in [0.1, 0.15) is 57.4 Å². The highest BCUT2D eigenvalue weighted by atomic mass is 32.2. The van der Waals surface area contributed by atoms with Crippen LogP contribution in [-0.4, -0.2) is 39.5 Å². The van der Waals surface area contributed by atoms with E-state index in [1.807, 2.05) is 23.0 Å². The highest BCUT2D eigenvalue weighted by Gasteiger charge is 2.29. The van der Waals surface area contributed by atoms with Crippen molar-refractivity contribution < 1.29 is 14.3 Å². The number of hydrogen-bond donors (Lipinski definition) is 1. The molecule has 0 fully saturated rings. The molecule has 3 aromatic rings. The maximum absolute atomic E-state index is 12.8. The van der Waals surface area contributed by atoms with Crippen molar-refractivity contribution in [2.75, 3.05) is 18.2 Å². The van der Waals surface area contributed by atoms with Crippen molar-refractivity contribution in [1.29, 1.82) is 0 Å². The molecule has 3 heterocycles. The van der Waals surface area contributed by atoms with Gasteiger partial charge in [-0.15, -0.1) is 32.9 Å². The van der Waals surface area contributed by atoms with Gasteiger partial charge in [0.15, 0.2) is 11.0 Å². The second kappa shape index (κ2) is 9.83. The number of nitrogens with zero attached hydrogens (tertiary/aromatic N) is 3. The molecule has 0 saturated carbocycles. The monoisotopic (exact) mass is 516 g/mol. The van der Waals surface area contributed by atoms with Crippen molar-refractivity contribution in [3.05, 3.63) is 31.8 Å². The molecule has 1 amide bonds. The van der Waals surface area contributed by atoms with Gasteiger partial charge in [0, 0.05) is 27.7 Å². The van der Waals surface area contributed by atoms with Crippen LogP contribution < -0.4 is 5.32 Å². The fourth-order valence-electron chi connectivity index (χ4n) is 4.81. The largest absolute Gasteiger partial charge is 0.465 e. The lowest BCUT2D eigenvalue weighted by atomic mass is 9.88. The van der Waals surface area contributed by atoms with Crippen LogP contribution in [0.5, 0.6) is 0 Å². The lowest BCUT2D eigenvalue weighted by Crippen LogP contribution is -2.17. The van der Waals surface area contributed by atoms with Gasteiger partial charge in [0.2, 0.25) is 5.91 Å². The molecule has 7 nitrogen and oxygen atoms in total. The van der Waals surface area contributed by atoms with Crippen LogP contribution in [0.4, 0.5) is 5.00 Å². The lowest BCUT2D eigenvalue weighted by molar-refractivity contribution is -0.113. The van der Waals surface area contributed by atoms with Crippen LogP contribution in [0.3, 0.4) is 0 Å². The van der Waals surface area contributed by atoms with Gasteiger partial charge in [-0.3, -0.25) is 4.79 Å². The number of nitrogens with one attached hydrogen (secondary N) is 1. The molecule has 10 heteroatoms. The molecule has 0 aliphatic heterocycles. The maximum Gasteiger partial charge on any atom is 0.341 e. The standard InChI is InChI=1S/C24H28N4O3S3/c1-13-8-9-15-18(10-13)34-22(20(15)23(30)31-3)25-19(29)12-33-24-27-26-21(28(24)2)16-11-32-17-7-5-4-6-14(16)17/h11,13H,4-10,12H2,1-3H3,(H,25,29). The van der Waals surface area contributed by atoms with Gasteiger partial charge < -0.3 is 14.6 Å². The van der Waals surface area contributed by atoms with E-state index in [-0.39, 0.29) is 17.6 Å². The quantitative estimate of drug-likeness (QED) is 0.361. The molecule has 34 heavy (non-hydrogen) atoms. The molecular weight excluding hydrogens is 488 g/mol. The van der Waals surface area contributed by atoms with E-state index in [1.54, 1.807) is 0 Å². The average molecular weight is 517 g/mol. The smallest absolute Gasteiger partial charge is 0.341 e. The van der Waals surface area contributed by atoms with E-state index in [9.17, 15) is 9.59 Å². The molecule has 3 aromatic heterocycles. The summed E-state index contributed by atoms with van der Waals surface area (Å²) >= 11 is 4.67. The second-order valence-corrected chi connectivity index (χ2v) is 12.0. The third-order valence-corrected chi connectivity index (χ3v) is 9.90. The van der Waals surface area contributed by atoms with Crippen molar-refractivity contribution in [3.8, 4) is 11.4 Å². The summed E-state index contributed by atoms with van der Waals surface area (Å²) in [6, 6.07) is 0. The first kappa shape index (κ1) is 23.6. The average Bonchev–Trinajstić information content (AvgIpc) is 3.51. The number of rotatable bonds is 6. The molecule has 0 saturated heterocycles. The molecule has 1 atom stereocenters. The number of carbonyl (C=O) groups excluding carboxylic acids is 2. The molecular formula is C24H28N4O3S3. The van der Waals surface area contributed by atoms with Crippen molar-refractivity contribution >= 4 is 51.3 Å². The summed E-state index contributed by atoms with van der Waals surface area (Å²) in [7, 11) is 3.34. The van der Waals surface area contributed by atoms with Gasteiger partial charge in [-0.1, -0.05) is 18.7 Å². The van der Waals surface area contributed by atoms with E-state index < -0.39 is 0 Å². The van der Waals surface area contributed by atoms with Crippen LogP contribution in [0.25, 0.3) is 11.4 Å². The molecule has 0 radical (unpaired) electrons. The van der Waals surface area contributed by atoms with Crippen LogP contribution in [0, 0.1) is 5.92 Å². The van der Waals surface area contributed by atoms with Gasteiger partial charge in [-0.25, -0.2) is 4.79 Å². The van der Waals surface area contributed by atoms with E-state index in [4.69, 9.17) is 4.74 Å². The van der Waals surface area contributed by atoms with Gasteiger partial charge in [0.25, 0.3) is 0 Å². The van der Waals surface area contributed by atoms with E-state index in [0.717, 1.165) is 43.5 Å². The topological polar surface area (TPSA) is 86.1 Å². The molecule has 180 valence electrons. The first-order valence-electron chi connectivity index (χ1n) is 11.6. The van der Waals surface area contributed by atoms with Crippen molar-refractivity contribution in [2.45, 2.75) is 57.0 Å². The Hall–Kier alpha value is -2.17. The van der Waals surface area contributed by atoms with E-state index in [1.165, 1.54) is 63.9 Å². The summed E-state index contributed by atoms with van der Waals surface area (Å²) in [5.41, 5.74) is 4.14. The molecule has 1 N–H and O–H groups in total. The van der Waals surface area contributed by atoms with E-state index >= 15 is 0 Å². The third kappa shape index (κ3) is 4.43. The summed E-state index contributed by atoms with van der Waals surface area (Å²) in [5.74, 6) is 1.07. The van der Waals surface area contributed by atoms with Crippen LogP contribution >= 0.6 is 34.4 Å². The lowest BCUT2D eigenvalue weighted by Gasteiger charge is -2.18. The van der Waals surface area contributed by atoms with Gasteiger partial charge in [0.05, 0.1) is 18.4 Å². The normalized spacial score (nSPS) is 17.2. The summed E-state index contributed by atoms with van der Waals surface area (Å²) in [5, 5.41) is 15.2. The number of aryl methyl sites for hydroxylation is 1. The minimum atomic E-state index is -0.382. The Labute approximate surface area is 211 Å². The zero-order valence-corrected chi connectivity index (χ0v) is 22.1. The summed E-state index contributed by atoms with van der Waals surface area (Å²) in [6.07, 6.45) is 7.54. The van der Waals surface area contributed by atoms with Crippen LogP contribution in [0.15, 0.2) is 10.5 Å². The Balaban J connectivity index is 1.29. The summed E-state index contributed by atoms with van der Waals surface area (Å²) < 4.78 is 7.00. The predicted molar refractivity (Wildman–Crippen MR) is 137 cm³/mol. The molecule has 0 aromatic carbocycles. The van der Waals surface area contributed by atoms with E-state index in [0.29, 0.717) is 21.6 Å². The highest BCUT2D eigenvalue weighted by molar-refractivity contribution is 7.99. The number of aromatic nitrogens is 3. The number of carbonyl (C=O) groups is 2. The second-order valence-electron chi connectivity index (χ2n) is 9.01. The van der Waals surface area contributed by atoms with Crippen molar-refractivity contribution in [2.24, 2.45) is 13.0 Å². The van der Waals surface area contributed by atoms with Crippen LogP contribution in [-0.2, 0) is 42.3 Å². The number of methoxy groups -OCH3 is 1. The van der Waals surface area contributed by atoms with Gasteiger partial charge in [0.1, 0.15) is 5.00 Å². The van der Waals surface area contributed by atoms with Crippen molar-refractivity contribution in [3.63, 3.8) is 0 Å². The number of thiophene rings is 2. The SMILES string of the molecule is COC(=O)c1c(NC(=O)CSc2nnc(-c3csc4c3CCCC4)n2C)sc2c1CCC(C)C2. The van der Waals surface area contributed by atoms with E-state index in [2.05, 4.69) is 27.8 Å². The van der Waals surface area contributed by atoms with Crippen molar-refractivity contribution in [1.82, 2.24) is 14.8 Å². The van der Waals surface area contributed by atoms with Crippen LogP contribution in [0.2, 0.25) is 0 Å². The van der Waals surface area contributed by atoms with Gasteiger partial charge >= 0.3 is 5.97 Å². The Bertz CT molecular complexity index is 1240. The molecule has 2 aliphatic carbocycles. The molecule has 0 spiro atoms. The number of anilines is 1. The summed E-state index contributed by atoms with van der Waals surface area (Å²) in [6.45, 7) is 2.22. The van der Waals surface area contributed by atoms with Gasteiger partial charge in [-0.2, -0.15) is 0 Å². The number of hydrogen-bond acceptors (Lipinski definition) is 8. The molecule has 1 unspecified atom stereocenters. The zero-order valence-electron chi connectivity index (χ0n) is 19.6. The maximum atomic E-state index is 12.8. The predicted octanol–water partition coefficient (Wildman–Crippen LogP) is 5.13. The molecule has 0 bridgehead atoms. The highest BCUT2D eigenvalue weighted by Crippen LogP contribution is 2.40. The zero-order chi connectivity index (χ0) is 23.8. The Kier molecular flexibility index (Phi) is 6.81. The minimum Gasteiger partial charge on any atom is -0.465 e. The number of amides is 1. The number of fused-ring (bicyclic) bond motifs is 2. The summed E-state index contributed by atoms with van der Waals surface area (Å²) in [4.78, 5) is 28.0. The molecule has 2 aliphatic rings. The fourth-order valence-corrected chi connectivity index (χ4v) is 8.06. The number of thioether (sulfide) groups is 1. The molecule has 5 rings (SSSR count). The number of ether oxygens (including phenoxy) is 1. The number of esters is 1. The Morgan fingerprint density at radius 1 is 1.21 bits per heavy atom. The van der Waals surface area contributed by atoms with Gasteiger partial charge in [-0.05, 0) is 62.0 Å². The minimum absolute atomic E-state index is 0.167. The third-order valence-electron chi connectivity index (χ3n) is 6.62.